The van der Waals surface area contributed by atoms with Gasteiger partial charge in [0.1, 0.15) is 11.5 Å². The van der Waals surface area contributed by atoms with Crippen molar-refractivity contribution in [2.75, 3.05) is 13.9 Å². The van der Waals surface area contributed by atoms with Crippen LogP contribution >= 0.6 is 0 Å². The molecule has 1 radical (unpaired) electrons. The lowest BCUT2D eigenvalue weighted by Gasteiger charge is -2.09. The predicted molar refractivity (Wildman–Crippen MR) is 52.3 cm³/mol. The average molecular weight is 195 g/mol. The van der Waals surface area contributed by atoms with Crippen molar-refractivity contribution >= 4 is 7.69 Å². The van der Waals surface area contributed by atoms with Gasteiger partial charge in [0.05, 0.1) is 0 Å². The Labute approximate surface area is 83.7 Å². The Morgan fingerprint density at radius 3 is 2.86 bits per heavy atom. The Kier molecular flexibility index (Phi) is 4.29. The molecule has 5 heteroatoms. The van der Waals surface area contributed by atoms with Crippen LogP contribution < -0.4 is 9.39 Å². The largest absolute Gasteiger partial charge is 0.569 e. The molecule has 0 amide bonds. The number of aryl methyl sites for hydroxylation is 1. The summed E-state index contributed by atoms with van der Waals surface area (Å²) in [6.07, 6.45) is 0. The van der Waals surface area contributed by atoms with Gasteiger partial charge in [0.25, 0.3) is 0 Å². The highest BCUT2D eigenvalue weighted by molar-refractivity contribution is 6.17. The summed E-state index contributed by atoms with van der Waals surface area (Å²) in [7, 11) is 2.19. The quantitative estimate of drug-likeness (QED) is 0.559. The minimum atomic E-state index is 0.186. The molecule has 1 N–H and O–H groups in total. The van der Waals surface area contributed by atoms with E-state index >= 15 is 0 Å². The maximum atomic E-state index is 8.50. The number of methoxy groups -OCH3 is 1. The van der Waals surface area contributed by atoms with Gasteiger partial charge in [-0.15, -0.1) is 0 Å². The molecule has 4 nitrogen and oxygen atoms in total. The second-order valence-corrected chi connectivity index (χ2v) is 2.70. The van der Waals surface area contributed by atoms with Gasteiger partial charge in [-0.05, 0) is 18.6 Å². The third-order valence-corrected chi connectivity index (χ3v) is 1.68. The van der Waals surface area contributed by atoms with Crippen molar-refractivity contribution < 1.29 is 19.2 Å². The minimum Gasteiger partial charge on any atom is -0.537 e. The van der Waals surface area contributed by atoms with Gasteiger partial charge in [0.2, 0.25) is 0 Å². The zero-order valence-corrected chi connectivity index (χ0v) is 8.19. The second-order valence-electron chi connectivity index (χ2n) is 2.70. The monoisotopic (exact) mass is 195 g/mol. The molecule has 1 aromatic carbocycles. The highest BCUT2D eigenvalue weighted by Crippen LogP contribution is 2.23. The number of rotatable bonds is 5. The lowest BCUT2D eigenvalue weighted by molar-refractivity contribution is 0.0510. The third-order valence-electron chi connectivity index (χ3n) is 1.68. The first kappa shape index (κ1) is 10.9. The van der Waals surface area contributed by atoms with E-state index in [1.54, 1.807) is 19.2 Å². The molecule has 0 aromatic heterocycles. The summed E-state index contributed by atoms with van der Waals surface area (Å²) >= 11 is 0. The molecule has 0 bridgehead atoms. The van der Waals surface area contributed by atoms with Gasteiger partial charge in [0, 0.05) is 13.2 Å². The van der Waals surface area contributed by atoms with E-state index in [4.69, 9.17) is 19.2 Å². The van der Waals surface area contributed by atoms with Crippen molar-refractivity contribution in [1.29, 1.82) is 0 Å². The van der Waals surface area contributed by atoms with Crippen molar-refractivity contribution in [3.8, 4) is 11.5 Å². The van der Waals surface area contributed by atoms with Gasteiger partial charge < -0.3 is 19.2 Å². The number of benzene rings is 1. The molecule has 1 aromatic rings. The Hall–Kier alpha value is -1.20. The number of ether oxygens (including phenoxy) is 2. The first-order valence-electron chi connectivity index (χ1n) is 4.13. The van der Waals surface area contributed by atoms with E-state index in [-0.39, 0.29) is 6.79 Å². The smallest absolute Gasteiger partial charge is 0.537 e. The number of hydrogen-bond acceptors (Lipinski definition) is 4. The van der Waals surface area contributed by atoms with Crippen LogP contribution in [0.2, 0.25) is 0 Å². The van der Waals surface area contributed by atoms with Crippen LogP contribution in [0.15, 0.2) is 18.2 Å². The lowest BCUT2D eigenvalue weighted by Crippen LogP contribution is -2.03. The van der Waals surface area contributed by atoms with Crippen LogP contribution in [0.4, 0.5) is 0 Å². The highest BCUT2D eigenvalue weighted by atomic mass is 16.7. The fourth-order valence-corrected chi connectivity index (χ4v) is 0.981. The molecule has 0 saturated heterocycles. The van der Waals surface area contributed by atoms with Crippen LogP contribution in [-0.4, -0.2) is 26.6 Å². The van der Waals surface area contributed by atoms with Crippen molar-refractivity contribution in [1.82, 2.24) is 0 Å². The molecule has 0 heterocycles. The molecule has 0 atom stereocenters. The highest BCUT2D eigenvalue weighted by Gasteiger charge is 2.02. The molecule has 0 saturated carbocycles. The zero-order chi connectivity index (χ0) is 10.4. The normalized spacial score (nSPS) is 9.64. The summed E-state index contributed by atoms with van der Waals surface area (Å²) in [6.45, 7) is 2.06. The van der Waals surface area contributed by atoms with E-state index in [1.807, 2.05) is 13.0 Å². The van der Waals surface area contributed by atoms with E-state index in [0.29, 0.717) is 19.2 Å². The molecule has 0 aliphatic rings. The first-order valence-corrected chi connectivity index (χ1v) is 4.13. The molecule has 0 spiro atoms. The second kappa shape index (κ2) is 5.52. The van der Waals surface area contributed by atoms with Crippen molar-refractivity contribution in [3.05, 3.63) is 23.8 Å². The molecule has 1 rings (SSSR count). The fourth-order valence-electron chi connectivity index (χ4n) is 0.981. The van der Waals surface area contributed by atoms with Gasteiger partial charge >= 0.3 is 7.69 Å². The number of hydrogen-bond donors (Lipinski definition) is 1. The van der Waals surface area contributed by atoms with E-state index in [2.05, 4.69) is 0 Å². The summed E-state index contributed by atoms with van der Waals surface area (Å²) in [5, 5.41) is 8.50. The first-order chi connectivity index (χ1) is 6.77. The Morgan fingerprint density at radius 1 is 1.43 bits per heavy atom. The van der Waals surface area contributed by atoms with Gasteiger partial charge in [-0.1, -0.05) is 6.07 Å². The van der Waals surface area contributed by atoms with E-state index < -0.39 is 0 Å². The minimum absolute atomic E-state index is 0.186. The van der Waals surface area contributed by atoms with Crippen LogP contribution in [0.25, 0.3) is 0 Å². The SMILES string of the molecule is COCOc1ccc(C)c(O[B]O)c1. The summed E-state index contributed by atoms with van der Waals surface area (Å²) in [5.41, 5.74) is 0.917. The van der Waals surface area contributed by atoms with Gasteiger partial charge in [0.15, 0.2) is 6.79 Å². The van der Waals surface area contributed by atoms with Gasteiger partial charge in [-0.2, -0.15) is 0 Å². The Balaban J connectivity index is 2.72. The van der Waals surface area contributed by atoms with Gasteiger partial charge in [-0.25, -0.2) is 0 Å². The maximum Gasteiger partial charge on any atom is 0.569 e. The molecular weight excluding hydrogens is 183 g/mol. The summed E-state index contributed by atoms with van der Waals surface area (Å²) < 4.78 is 14.8. The zero-order valence-electron chi connectivity index (χ0n) is 8.19. The van der Waals surface area contributed by atoms with Crippen molar-refractivity contribution in [2.45, 2.75) is 6.92 Å². The summed E-state index contributed by atoms with van der Waals surface area (Å²) in [6, 6.07) is 5.32. The van der Waals surface area contributed by atoms with Crippen LogP contribution in [0.1, 0.15) is 5.56 Å². The molecule has 14 heavy (non-hydrogen) atoms. The van der Waals surface area contributed by atoms with Crippen molar-refractivity contribution in [2.24, 2.45) is 0 Å². The maximum absolute atomic E-state index is 8.50. The summed E-state index contributed by atoms with van der Waals surface area (Å²) in [5.74, 6) is 1.19. The van der Waals surface area contributed by atoms with Crippen LogP contribution in [0, 0.1) is 6.92 Å². The van der Waals surface area contributed by atoms with E-state index in [9.17, 15) is 0 Å². The molecule has 75 valence electrons. The van der Waals surface area contributed by atoms with E-state index in [0.717, 1.165) is 5.56 Å². The molecule has 0 unspecified atom stereocenters. The van der Waals surface area contributed by atoms with Crippen LogP contribution in [-0.2, 0) is 4.74 Å². The van der Waals surface area contributed by atoms with E-state index in [1.165, 1.54) is 0 Å². The fraction of sp³-hybridized carbons (Fsp3) is 0.333. The van der Waals surface area contributed by atoms with Crippen LogP contribution in [0.5, 0.6) is 11.5 Å². The molecule has 0 aliphatic heterocycles. The summed E-state index contributed by atoms with van der Waals surface area (Å²) in [4.78, 5) is 0. The average Bonchev–Trinajstić information content (AvgIpc) is 2.19. The lowest BCUT2D eigenvalue weighted by atomic mass is 10.2. The standard InChI is InChI=1S/C9H12BO4/c1-7-3-4-8(13-6-12-2)5-9(7)14-10-11/h3-5,11H,6H2,1-2H3. The molecule has 0 aliphatic carbocycles. The Morgan fingerprint density at radius 2 is 2.21 bits per heavy atom. The predicted octanol–water partition coefficient (Wildman–Crippen LogP) is 0.883. The molecule has 0 fully saturated rings. The third kappa shape index (κ3) is 2.94. The Bertz CT molecular complexity index is 290. The van der Waals surface area contributed by atoms with Crippen LogP contribution in [0.3, 0.4) is 0 Å². The van der Waals surface area contributed by atoms with Gasteiger partial charge in [-0.3, -0.25) is 0 Å². The molecular formula is C9H12BO4. The topological polar surface area (TPSA) is 47.9 Å². The van der Waals surface area contributed by atoms with Crippen molar-refractivity contribution in [3.63, 3.8) is 0 Å².